The molecule has 94 valence electrons. The molecule has 0 saturated carbocycles. The molecule has 1 fully saturated rings. The van der Waals surface area contributed by atoms with Crippen LogP contribution < -0.4 is 4.90 Å². The third-order valence-electron chi connectivity index (χ3n) is 3.12. The van der Waals surface area contributed by atoms with Gasteiger partial charge in [0.25, 0.3) is 0 Å². The van der Waals surface area contributed by atoms with Gasteiger partial charge in [0.15, 0.2) is 0 Å². The molecule has 4 heteroatoms. The van der Waals surface area contributed by atoms with Gasteiger partial charge in [0.2, 0.25) is 0 Å². The summed E-state index contributed by atoms with van der Waals surface area (Å²) in [7, 11) is 0. The van der Waals surface area contributed by atoms with Crippen LogP contribution >= 0.6 is 0 Å². The number of rotatable bonds is 2. The fourth-order valence-corrected chi connectivity index (χ4v) is 3.89. The van der Waals surface area contributed by atoms with E-state index < -0.39 is 0 Å². The van der Waals surface area contributed by atoms with Crippen LogP contribution in [0.4, 0.5) is 4.69 Å². The zero-order valence-electron chi connectivity index (χ0n) is 10.4. The Labute approximate surface area is 113 Å². The van der Waals surface area contributed by atoms with Gasteiger partial charge in [-0.2, -0.15) is 0 Å². The molecule has 0 spiro atoms. The van der Waals surface area contributed by atoms with Crippen LogP contribution in [0.1, 0.15) is 5.56 Å². The molecule has 0 N–H and O–H groups in total. The van der Waals surface area contributed by atoms with Crippen molar-refractivity contribution in [2.75, 3.05) is 31.2 Å². The number of ether oxygens (including phenoxy) is 1. The molecule has 0 radical (unpaired) electrons. The van der Waals surface area contributed by atoms with Crippen molar-refractivity contribution in [1.29, 1.82) is 0 Å². The van der Waals surface area contributed by atoms with Crippen LogP contribution in [0, 0.1) is 6.92 Å². The summed E-state index contributed by atoms with van der Waals surface area (Å²) in [6, 6.07) is 8.60. The maximum atomic E-state index is 5.38. The van der Waals surface area contributed by atoms with Crippen LogP contribution in [-0.4, -0.2) is 45.8 Å². The Balaban J connectivity index is 1.82. The van der Waals surface area contributed by atoms with Gasteiger partial charge in [0, 0.05) is 0 Å². The molecule has 1 aliphatic heterocycles. The van der Waals surface area contributed by atoms with E-state index in [0.717, 1.165) is 32.0 Å². The Hall–Kier alpha value is -1.09. The van der Waals surface area contributed by atoms with Gasteiger partial charge in [0.05, 0.1) is 0 Å². The van der Waals surface area contributed by atoms with E-state index >= 15 is 0 Å². The van der Waals surface area contributed by atoms with Crippen molar-refractivity contribution in [3.63, 3.8) is 0 Å². The fourth-order valence-electron chi connectivity index (χ4n) is 2.02. The van der Waals surface area contributed by atoms with E-state index in [4.69, 9.17) is 9.72 Å². The monoisotopic (exact) mass is 308 g/mol. The first-order valence-corrected chi connectivity index (χ1v) is 8.03. The molecule has 1 aliphatic rings. The summed E-state index contributed by atoms with van der Waals surface area (Å²) in [5.41, 5.74) is 3.66. The molecule has 1 aromatic carbocycles. The molecule has 0 atom stereocenters. The summed E-state index contributed by atoms with van der Waals surface area (Å²) in [5.74, 6) is 0. The van der Waals surface area contributed by atoms with Crippen molar-refractivity contribution in [3.8, 4) is 11.3 Å². The first-order chi connectivity index (χ1) is 8.83. The number of morpholine rings is 1. The zero-order valence-corrected chi connectivity index (χ0v) is 12.1. The number of aryl methyl sites for hydroxylation is 1. The Morgan fingerprint density at radius 3 is 2.61 bits per heavy atom. The van der Waals surface area contributed by atoms with E-state index in [1.807, 2.05) is 0 Å². The summed E-state index contributed by atoms with van der Waals surface area (Å²) in [5, 5.41) is 0. The van der Waals surface area contributed by atoms with Crippen LogP contribution in [0.3, 0.4) is 0 Å². The van der Waals surface area contributed by atoms with Crippen molar-refractivity contribution >= 4 is 19.2 Å². The second-order valence-electron chi connectivity index (χ2n) is 4.48. The maximum absolute atomic E-state index is 5.38. The number of aromatic nitrogens is 1. The molecule has 0 unspecified atom stereocenters. The molecule has 0 bridgehead atoms. The quantitative estimate of drug-likeness (QED) is 0.793. The predicted molar refractivity (Wildman–Crippen MR) is 74.4 cm³/mol. The molecular formula is C14H16N2OSe. The van der Waals surface area contributed by atoms with E-state index in [-0.39, 0.29) is 0 Å². The third kappa shape index (κ3) is 2.51. The van der Waals surface area contributed by atoms with Gasteiger partial charge in [0.1, 0.15) is 0 Å². The fraction of sp³-hybridized carbons (Fsp3) is 0.357. The van der Waals surface area contributed by atoms with E-state index in [0.29, 0.717) is 14.5 Å². The average molecular weight is 307 g/mol. The van der Waals surface area contributed by atoms with Crippen LogP contribution in [0.15, 0.2) is 29.2 Å². The van der Waals surface area contributed by atoms with Gasteiger partial charge >= 0.3 is 113 Å². The van der Waals surface area contributed by atoms with E-state index in [2.05, 4.69) is 41.0 Å². The van der Waals surface area contributed by atoms with Crippen molar-refractivity contribution in [3.05, 3.63) is 34.8 Å². The van der Waals surface area contributed by atoms with E-state index in [1.165, 1.54) is 15.8 Å². The predicted octanol–water partition coefficient (Wildman–Crippen LogP) is 1.95. The summed E-state index contributed by atoms with van der Waals surface area (Å²) in [4.78, 5) is 9.43. The van der Waals surface area contributed by atoms with Gasteiger partial charge in [-0.25, -0.2) is 0 Å². The van der Waals surface area contributed by atoms with E-state index in [9.17, 15) is 0 Å². The molecule has 1 saturated heterocycles. The van der Waals surface area contributed by atoms with Crippen LogP contribution in [0.2, 0.25) is 0 Å². The van der Waals surface area contributed by atoms with Crippen LogP contribution in [-0.2, 0) is 4.74 Å². The van der Waals surface area contributed by atoms with Crippen LogP contribution in [0.5, 0.6) is 0 Å². The Bertz CT molecular complexity index is 515. The SMILES string of the molecule is Cc1ccc(-c2c[se]c(N3CCOCC3)n2)cc1. The van der Waals surface area contributed by atoms with Crippen LogP contribution in [0.25, 0.3) is 11.3 Å². The Morgan fingerprint density at radius 2 is 1.89 bits per heavy atom. The summed E-state index contributed by atoms with van der Waals surface area (Å²) in [6.45, 7) is 5.73. The first kappa shape index (κ1) is 12.0. The molecule has 0 aliphatic carbocycles. The normalized spacial score (nSPS) is 15.9. The summed E-state index contributed by atoms with van der Waals surface area (Å²) >= 11 is 0.373. The zero-order chi connectivity index (χ0) is 12.4. The van der Waals surface area contributed by atoms with Crippen molar-refractivity contribution in [2.24, 2.45) is 0 Å². The van der Waals surface area contributed by atoms with Gasteiger partial charge in [-0.05, 0) is 0 Å². The molecule has 3 rings (SSSR count). The first-order valence-electron chi connectivity index (χ1n) is 6.18. The van der Waals surface area contributed by atoms with Gasteiger partial charge in [-0.1, -0.05) is 0 Å². The molecule has 3 nitrogen and oxygen atoms in total. The second-order valence-corrected chi connectivity index (χ2v) is 6.24. The minimum absolute atomic E-state index is 0.373. The van der Waals surface area contributed by atoms with E-state index in [1.54, 1.807) is 0 Å². The number of anilines is 1. The molecule has 18 heavy (non-hydrogen) atoms. The average Bonchev–Trinajstić information content (AvgIpc) is 2.90. The standard InChI is InChI=1S/C14H16N2OSe/c1-11-2-4-12(5-3-11)13-10-18-14(15-13)16-6-8-17-9-7-16/h2-5,10H,6-9H2,1H3. The van der Waals surface area contributed by atoms with Crippen molar-refractivity contribution in [2.45, 2.75) is 6.92 Å². The second kappa shape index (κ2) is 5.27. The van der Waals surface area contributed by atoms with Gasteiger partial charge < -0.3 is 0 Å². The third-order valence-corrected chi connectivity index (χ3v) is 5.01. The Kier molecular flexibility index (Phi) is 3.50. The molecule has 1 aromatic heterocycles. The molecule has 2 heterocycles. The number of hydrogen-bond donors (Lipinski definition) is 0. The number of benzene rings is 1. The Morgan fingerprint density at radius 1 is 1.17 bits per heavy atom. The molecule has 0 amide bonds. The topological polar surface area (TPSA) is 25.4 Å². The van der Waals surface area contributed by atoms with Gasteiger partial charge in [-0.3, -0.25) is 0 Å². The van der Waals surface area contributed by atoms with Gasteiger partial charge in [-0.15, -0.1) is 0 Å². The summed E-state index contributed by atoms with van der Waals surface area (Å²) < 4.78 is 6.63. The minimum atomic E-state index is 0.373. The number of nitrogens with zero attached hydrogens (tertiary/aromatic N) is 2. The van der Waals surface area contributed by atoms with Crippen molar-refractivity contribution < 1.29 is 4.74 Å². The van der Waals surface area contributed by atoms with Crippen molar-refractivity contribution in [1.82, 2.24) is 4.98 Å². The molecular weight excluding hydrogens is 291 g/mol. The molecule has 2 aromatic rings. The summed E-state index contributed by atoms with van der Waals surface area (Å²) in [6.07, 6.45) is 0. The number of hydrogen-bond acceptors (Lipinski definition) is 3.